The maximum Gasteiger partial charge on any atom is 0.329 e. The highest BCUT2D eigenvalue weighted by Gasteiger charge is 2.35. The van der Waals surface area contributed by atoms with Crippen molar-refractivity contribution in [2.75, 3.05) is 11.9 Å². The van der Waals surface area contributed by atoms with Crippen molar-refractivity contribution in [3.8, 4) is 11.3 Å². The lowest BCUT2D eigenvalue weighted by molar-refractivity contribution is -0.127. The molecule has 2 heterocycles. The molecule has 0 atom stereocenters. The summed E-state index contributed by atoms with van der Waals surface area (Å²) in [4.78, 5) is 38.0. The van der Waals surface area contributed by atoms with Gasteiger partial charge in [0.1, 0.15) is 23.8 Å². The molecule has 2 N–H and O–H groups in total. The van der Waals surface area contributed by atoms with Crippen molar-refractivity contribution in [3.05, 3.63) is 81.7 Å². The van der Waals surface area contributed by atoms with Gasteiger partial charge in [0.25, 0.3) is 5.91 Å². The topological polar surface area (TPSA) is 91.7 Å². The normalized spacial score (nSPS) is 14.7. The van der Waals surface area contributed by atoms with Gasteiger partial charge >= 0.3 is 6.03 Å². The maximum atomic E-state index is 12.6. The molecule has 0 aliphatic carbocycles. The first-order valence-electron chi connectivity index (χ1n) is 9.56. The Labute approximate surface area is 193 Å². The van der Waals surface area contributed by atoms with Crippen LogP contribution >= 0.6 is 23.2 Å². The van der Waals surface area contributed by atoms with E-state index in [0.717, 1.165) is 10.5 Å². The van der Waals surface area contributed by atoms with E-state index >= 15 is 0 Å². The van der Waals surface area contributed by atoms with Crippen molar-refractivity contribution in [2.45, 2.75) is 6.92 Å². The second-order valence-corrected chi connectivity index (χ2v) is 7.97. The molecular formula is C23H17Cl2N3O4. The number of benzene rings is 2. The number of halogens is 2. The number of carbonyl (C=O) groups excluding carboxylic acids is 3. The van der Waals surface area contributed by atoms with Crippen LogP contribution in [-0.2, 0) is 9.59 Å². The van der Waals surface area contributed by atoms with Crippen molar-refractivity contribution in [2.24, 2.45) is 0 Å². The lowest BCUT2D eigenvalue weighted by Crippen LogP contribution is -2.38. The van der Waals surface area contributed by atoms with Crippen LogP contribution in [0.25, 0.3) is 17.4 Å². The fraction of sp³-hybridized carbons (Fsp3) is 0.0870. The summed E-state index contributed by atoms with van der Waals surface area (Å²) in [6.07, 6.45) is 1.39. The molecule has 162 valence electrons. The molecule has 0 spiro atoms. The number of imide groups is 1. The number of urea groups is 1. The summed E-state index contributed by atoms with van der Waals surface area (Å²) >= 11 is 12.1. The number of nitrogens with zero attached hydrogens (tertiary/aromatic N) is 1. The van der Waals surface area contributed by atoms with Gasteiger partial charge in [0.05, 0.1) is 5.02 Å². The maximum absolute atomic E-state index is 12.6. The van der Waals surface area contributed by atoms with Crippen molar-refractivity contribution in [1.82, 2.24) is 10.2 Å². The van der Waals surface area contributed by atoms with Crippen LogP contribution in [0.3, 0.4) is 0 Å². The van der Waals surface area contributed by atoms with Gasteiger partial charge in [-0.3, -0.25) is 9.59 Å². The van der Waals surface area contributed by atoms with Crippen molar-refractivity contribution in [1.29, 1.82) is 0 Å². The number of nitrogens with one attached hydrogen (secondary N) is 2. The van der Waals surface area contributed by atoms with Gasteiger partial charge in [-0.2, -0.15) is 0 Å². The van der Waals surface area contributed by atoms with Gasteiger partial charge in [0.2, 0.25) is 5.91 Å². The Bertz CT molecular complexity index is 1270. The third-order valence-corrected chi connectivity index (χ3v) is 5.22. The minimum absolute atomic E-state index is 0.00135. The molecular weight excluding hydrogens is 453 g/mol. The van der Waals surface area contributed by atoms with Crippen LogP contribution in [0.15, 0.2) is 64.7 Å². The average Bonchev–Trinajstić information content (AvgIpc) is 3.28. The zero-order valence-corrected chi connectivity index (χ0v) is 18.3. The van der Waals surface area contributed by atoms with Crippen LogP contribution in [-0.4, -0.2) is 29.3 Å². The zero-order chi connectivity index (χ0) is 22.8. The van der Waals surface area contributed by atoms with Crippen molar-refractivity contribution in [3.63, 3.8) is 0 Å². The molecule has 32 heavy (non-hydrogen) atoms. The Hall–Kier alpha value is -3.55. The smallest absolute Gasteiger partial charge is 0.329 e. The molecule has 2 aromatic carbocycles. The SMILES string of the molecule is Cc1cccc(NC(=O)CN2C(=O)N/C(=C\c3ccc(-c4ccc(Cl)cc4Cl)o3)C2=O)c1. The van der Waals surface area contributed by atoms with Gasteiger partial charge in [0, 0.05) is 22.3 Å². The molecule has 7 nitrogen and oxygen atoms in total. The van der Waals surface area contributed by atoms with E-state index < -0.39 is 24.4 Å². The first-order chi connectivity index (χ1) is 15.3. The molecule has 3 aromatic rings. The summed E-state index contributed by atoms with van der Waals surface area (Å²) in [5, 5.41) is 6.05. The Morgan fingerprint density at radius 3 is 2.69 bits per heavy atom. The highest BCUT2D eigenvalue weighted by Crippen LogP contribution is 2.32. The van der Waals surface area contributed by atoms with E-state index in [1.807, 2.05) is 13.0 Å². The number of rotatable bonds is 5. The van der Waals surface area contributed by atoms with Gasteiger partial charge in [-0.15, -0.1) is 0 Å². The zero-order valence-electron chi connectivity index (χ0n) is 16.8. The van der Waals surface area contributed by atoms with Crippen LogP contribution < -0.4 is 10.6 Å². The van der Waals surface area contributed by atoms with E-state index in [0.29, 0.717) is 32.8 Å². The Balaban J connectivity index is 1.46. The average molecular weight is 470 g/mol. The number of amides is 4. The third-order valence-electron chi connectivity index (χ3n) is 4.68. The predicted molar refractivity (Wildman–Crippen MR) is 122 cm³/mol. The fourth-order valence-corrected chi connectivity index (χ4v) is 3.69. The molecule has 0 unspecified atom stereocenters. The number of hydrogen-bond donors (Lipinski definition) is 2. The molecule has 0 radical (unpaired) electrons. The summed E-state index contributed by atoms with van der Waals surface area (Å²) in [6, 6.07) is 14.9. The van der Waals surface area contributed by atoms with Gasteiger partial charge in [-0.1, -0.05) is 35.3 Å². The lowest BCUT2D eigenvalue weighted by atomic mass is 10.2. The van der Waals surface area contributed by atoms with Crippen molar-refractivity contribution >= 4 is 52.8 Å². The Kier molecular flexibility index (Phi) is 6.03. The van der Waals surface area contributed by atoms with E-state index in [9.17, 15) is 14.4 Å². The molecule has 1 aliphatic heterocycles. The van der Waals surface area contributed by atoms with Gasteiger partial charge in [-0.05, 0) is 55.0 Å². The van der Waals surface area contributed by atoms with E-state index in [-0.39, 0.29) is 5.70 Å². The minimum atomic E-state index is -0.687. The predicted octanol–water partition coefficient (Wildman–Crippen LogP) is 5.09. The quantitative estimate of drug-likeness (QED) is 0.401. The lowest BCUT2D eigenvalue weighted by Gasteiger charge is -2.12. The molecule has 1 aromatic heterocycles. The summed E-state index contributed by atoms with van der Waals surface area (Å²) < 4.78 is 5.74. The summed E-state index contributed by atoms with van der Waals surface area (Å²) in [5.74, 6) is -0.305. The van der Waals surface area contributed by atoms with E-state index in [1.165, 1.54) is 6.08 Å². The van der Waals surface area contributed by atoms with Gasteiger partial charge < -0.3 is 15.1 Å². The highest BCUT2D eigenvalue weighted by molar-refractivity contribution is 6.36. The molecule has 4 amide bonds. The second-order valence-electron chi connectivity index (χ2n) is 7.12. The summed E-state index contributed by atoms with van der Waals surface area (Å²) in [7, 11) is 0. The third kappa shape index (κ3) is 4.69. The van der Waals surface area contributed by atoms with Gasteiger partial charge in [-0.25, -0.2) is 9.69 Å². The monoisotopic (exact) mass is 469 g/mol. The number of furan rings is 1. The van der Waals surface area contributed by atoms with E-state index in [1.54, 1.807) is 48.5 Å². The van der Waals surface area contributed by atoms with Crippen LogP contribution in [0.4, 0.5) is 10.5 Å². The van der Waals surface area contributed by atoms with E-state index in [4.69, 9.17) is 27.6 Å². The Morgan fingerprint density at radius 2 is 1.94 bits per heavy atom. The summed E-state index contributed by atoms with van der Waals surface area (Å²) in [6.45, 7) is 1.48. The first-order valence-corrected chi connectivity index (χ1v) is 10.3. The number of carbonyl (C=O) groups is 3. The number of aryl methyl sites for hydroxylation is 1. The minimum Gasteiger partial charge on any atom is -0.457 e. The molecule has 0 saturated carbocycles. The highest BCUT2D eigenvalue weighted by atomic mass is 35.5. The molecule has 1 saturated heterocycles. The first kappa shape index (κ1) is 21.7. The van der Waals surface area contributed by atoms with E-state index in [2.05, 4.69) is 10.6 Å². The fourth-order valence-electron chi connectivity index (χ4n) is 3.19. The van der Waals surface area contributed by atoms with Gasteiger partial charge in [0.15, 0.2) is 0 Å². The number of hydrogen-bond acceptors (Lipinski definition) is 4. The van der Waals surface area contributed by atoms with Crippen LogP contribution in [0.1, 0.15) is 11.3 Å². The van der Waals surface area contributed by atoms with Crippen molar-refractivity contribution < 1.29 is 18.8 Å². The standard InChI is InChI=1S/C23H17Cl2N3O4/c1-13-3-2-4-15(9-13)26-21(29)12-28-22(30)19(27-23(28)31)11-16-6-8-20(32-16)17-7-5-14(24)10-18(17)25/h2-11H,12H2,1H3,(H,26,29)(H,27,31)/b19-11-. The molecule has 0 bridgehead atoms. The molecule has 4 rings (SSSR count). The largest absolute Gasteiger partial charge is 0.457 e. The summed E-state index contributed by atoms with van der Waals surface area (Å²) in [5.41, 5.74) is 2.20. The van der Waals surface area contributed by atoms with Crippen LogP contribution in [0.5, 0.6) is 0 Å². The van der Waals surface area contributed by atoms with Crippen LogP contribution in [0, 0.1) is 6.92 Å². The Morgan fingerprint density at radius 1 is 1.12 bits per heavy atom. The molecule has 9 heteroatoms. The second kappa shape index (κ2) is 8.90. The van der Waals surface area contributed by atoms with Crippen LogP contribution in [0.2, 0.25) is 10.0 Å². The molecule has 1 aliphatic rings. The molecule has 1 fully saturated rings. The number of anilines is 1.